The molecule has 2 unspecified atom stereocenters. The van der Waals surface area contributed by atoms with E-state index >= 15 is 0 Å². The average Bonchev–Trinajstić information content (AvgIpc) is 3.52. The fourth-order valence-electron chi connectivity index (χ4n) is 6.08. The van der Waals surface area contributed by atoms with E-state index in [1.165, 1.54) is 12.1 Å². The first-order valence-corrected chi connectivity index (χ1v) is 12.9. The lowest BCUT2D eigenvalue weighted by molar-refractivity contribution is -0.141. The number of hydrogen-bond donors (Lipinski definition) is 0. The highest BCUT2D eigenvalue weighted by atomic mass is 19.1. The van der Waals surface area contributed by atoms with Gasteiger partial charge in [-0.05, 0) is 64.7 Å². The second-order valence-corrected chi connectivity index (χ2v) is 11.7. The molecule has 4 fully saturated rings. The van der Waals surface area contributed by atoms with Crippen LogP contribution >= 0.6 is 0 Å². The Kier molecular flexibility index (Phi) is 6.25. The van der Waals surface area contributed by atoms with E-state index in [0.717, 1.165) is 31.4 Å². The van der Waals surface area contributed by atoms with Crippen LogP contribution in [0.3, 0.4) is 0 Å². The lowest BCUT2D eigenvalue weighted by Gasteiger charge is -2.36. The first-order valence-electron chi connectivity index (χ1n) is 12.9. The Morgan fingerprint density at radius 3 is 2.60 bits per heavy atom. The van der Waals surface area contributed by atoms with Crippen LogP contribution in [0.4, 0.5) is 4.39 Å². The maximum absolute atomic E-state index is 13.6. The van der Waals surface area contributed by atoms with E-state index in [2.05, 4.69) is 4.90 Å². The van der Waals surface area contributed by atoms with Crippen molar-refractivity contribution in [2.45, 2.75) is 89.7 Å². The van der Waals surface area contributed by atoms with Gasteiger partial charge >= 0.3 is 7.12 Å². The third kappa shape index (κ3) is 4.40. The quantitative estimate of drug-likeness (QED) is 0.580. The highest BCUT2D eigenvalue weighted by Crippen LogP contribution is 2.40. The van der Waals surface area contributed by atoms with Crippen LogP contribution in [0.5, 0.6) is 0 Å². The maximum atomic E-state index is 13.6. The second kappa shape index (κ2) is 8.85. The fraction of sp³-hybridized carbons (Fsp3) is 0.692. The van der Waals surface area contributed by atoms with Crippen LogP contribution in [0.15, 0.2) is 24.3 Å². The van der Waals surface area contributed by atoms with Crippen molar-refractivity contribution in [1.82, 2.24) is 14.7 Å². The Morgan fingerprint density at radius 1 is 1.23 bits per heavy atom. The largest absolute Gasteiger partial charge is 0.482 e. The number of amides is 2. The number of piperazine rings is 1. The standard InChI is InChI=1S/C26H37BFN3O4/c1-17(23(32)30-11-7-10-22(30)27-34-25(2,3)26(4,5)35-27)14-29-16-20-13-21(29)24(33)31(20)15-18-8-6-9-19(28)12-18/h6,8-9,12,17,20-22H,7,10-11,13-16H2,1-5H3/t17-,20-,21?,22?/m0/s1. The van der Waals surface area contributed by atoms with Crippen LogP contribution in [0.1, 0.15) is 59.4 Å². The van der Waals surface area contributed by atoms with E-state index < -0.39 is 18.3 Å². The highest BCUT2D eigenvalue weighted by molar-refractivity contribution is 6.48. The molecule has 0 aromatic heterocycles. The first kappa shape index (κ1) is 24.7. The number of hydrogen-bond acceptors (Lipinski definition) is 5. The fourth-order valence-corrected chi connectivity index (χ4v) is 6.08. The molecule has 35 heavy (non-hydrogen) atoms. The molecule has 2 bridgehead atoms. The molecule has 4 aliphatic heterocycles. The molecule has 4 atom stereocenters. The molecule has 9 heteroatoms. The molecule has 1 aromatic rings. The summed E-state index contributed by atoms with van der Waals surface area (Å²) in [7, 11) is -0.417. The van der Waals surface area contributed by atoms with E-state index in [1.54, 1.807) is 6.07 Å². The topological polar surface area (TPSA) is 62.3 Å². The molecule has 190 valence electrons. The monoisotopic (exact) mass is 485 g/mol. The van der Waals surface area contributed by atoms with Gasteiger partial charge in [-0.25, -0.2) is 4.39 Å². The van der Waals surface area contributed by atoms with Crippen LogP contribution in [-0.4, -0.2) is 82.5 Å². The summed E-state index contributed by atoms with van der Waals surface area (Å²) in [6, 6.07) is 6.36. The molecule has 7 nitrogen and oxygen atoms in total. The SMILES string of the molecule is C[C@@H](CN1C[C@@H]2CC1C(=O)N2Cc1cccc(F)c1)C(=O)N1CCCC1B1OC(C)(C)C(C)(C)O1. The van der Waals surface area contributed by atoms with Crippen molar-refractivity contribution in [3.63, 3.8) is 0 Å². The van der Waals surface area contributed by atoms with Crippen LogP contribution in [0, 0.1) is 11.7 Å². The molecule has 5 rings (SSSR count). The van der Waals surface area contributed by atoms with Crippen LogP contribution in [0.25, 0.3) is 0 Å². The number of benzene rings is 1. The molecule has 1 aromatic carbocycles. The van der Waals surface area contributed by atoms with Gasteiger partial charge in [0.05, 0.1) is 23.2 Å². The van der Waals surface area contributed by atoms with Gasteiger partial charge in [0, 0.05) is 38.1 Å². The molecule has 0 spiro atoms. The van der Waals surface area contributed by atoms with Crippen molar-refractivity contribution in [2.24, 2.45) is 5.92 Å². The summed E-state index contributed by atoms with van der Waals surface area (Å²) in [6.45, 7) is 12.6. The van der Waals surface area contributed by atoms with Gasteiger partial charge in [-0.3, -0.25) is 14.5 Å². The summed E-state index contributed by atoms with van der Waals surface area (Å²) in [5.74, 6) is -0.393. The summed E-state index contributed by atoms with van der Waals surface area (Å²) in [5, 5.41) is 0. The Balaban J connectivity index is 1.19. The minimum Gasteiger partial charge on any atom is -0.402 e. The average molecular weight is 485 g/mol. The number of nitrogens with zero attached hydrogens (tertiary/aromatic N) is 3. The Labute approximate surface area is 208 Å². The Morgan fingerprint density at radius 2 is 1.94 bits per heavy atom. The van der Waals surface area contributed by atoms with Gasteiger partial charge in [0.15, 0.2) is 0 Å². The predicted octanol–water partition coefficient (Wildman–Crippen LogP) is 2.87. The summed E-state index contributed by atoms with van der Waals surface area (Å²) in [5.41, 5.74) is -0.0379. The molecular formula is C26H37BFN3O4. The molecule has 4 heterocycles. The van der Waals surface area contributed by atoms with E-state index in [-0.39, 0.29) is 41.6 Å². The number of halogens is 1. The predicted molar refractivity (Wildman–Crippen MR) is 131 cm³/mol. The smallest absolute Gasteiger partial charge is 0.402 e. The van der Waals surface area contributed by atoms with E-state index in [1.807, 2.05) is 50.5 Å². The molecule has 0 saturated carbocycles. The van der Waals surface area contributed by atoms with Gasteiger partial charge in [0.1, 0.15) is 5.82 Å². The summed E-state index contributed by atoms with van der Waals surface area (Å²) >= 11 is 0. The summed E-state index contributed by atoms with van der Waals surface area (Å²) in [4.78, 5) is 32.6. The third-order valence-corrected chi connectivity index (χ3v) is 8.73. The van der Waals surface area contributed by atoms with Crippen LogP contribution in [-0.2, 0) is 25.4 Å². The van der Waals surface area contributed by atoms with Gasteiger partial charge in [0.25, 0.3) is 0 Å². The number of likely N-dealkylation sites (tertiary alicyclic amines) is 3. The van der Waals surface area contributed by atoms with E-state index in [0.29, 0.717) is 19.6 Å². The van der Waals surface area contributed by atoms with Crippen LogP contribution in [0.2, 0.25) is 0 Å². The van der Waals surface area contributed by atoms with Gasteiger partial charge in [-0.15, -0.1) is 0 Å². The van der Waals surface area contributed by atoms with Crippen molar-refractivity contribution in [1.29, 1.82) is 0 Å². The number of carbonyl (C=O) groups excluding carboxylic acids is 2. The highest BCUT2D eigenvalue weighted by Gasteiger charge is 2.56. The lowest BCUT2D eigenvalue weighted by atomic mass is 9.76. The normalized spacial score (nSPS) is 30.5. The molecular weight excluding hydrogens is 448 g/mol. The first-order chi connectivity index (χ1) is 16.5. The van der Waals surface area contributed by atoms with Crippen molar-refractivity contribution in [3.05, 3.63) is 35.6 Å². The number of carbonyl (C=O) groups is 2. The molecule has 0 N–H and O–H groups in total. The van der Waals surface area contributed by atoms with Gasteiger partial charge < -0.3 is 19.1 Å². The summed E-state index contributed by atoms with van der Waals surface area (Å²) < 4.78 is 26.1. The molecule has 2 amide bonds. The maximum Gasteiger partial charge on any atom is 0.482 e. The lowest BCUT2D eigenvalue weighted by Crippen LogP contribution is -2.53. The second-order valence-electron chi connectivity index (χ2n) is 11.7. The van der Waals surface area contributed by atoms with Crippen molar-refractivity contribution in [3.8, 4) is 0 Å². The zero-order valence-corrected chi connectivity index (χ0v) is 21.5. The number of rotatable bonds is 6. The molecule has 4 aliphatic rings. The zero-order valence-electron chi connectivity index (χ0n) is 21.5. The Hall–Kier alpha value is -1.97. The van der Waals surface area contributed by atoms with Crippen LogP contribution < -0.4 is 0 Å². The summed E-state index contributed by atoms with van der Waals surface area (Å²) in [6.07, 6.45) is 2.59. The molecule has 4 saturated heterocycles. The minimum atomic E-state index is -0.423. The van der Waals surface area contributed by atoms with Crippen molar-refractivity contribution >= 4 is 18.9 Å². The minimum absolute atomic E-state index is 0.0792. The van der Waals surface area contributed by atoms with Crippen molar-refractivity contribution in [2.75, 3.05) is 19.6 Å². The Bertz CT molecular complexity index is 989. The third-order valence-electron chi connectivity index (χ3n) is 8.73. The van der Waals surface area contributed by atoms with Gasteiger partial charge in [-0.2, -0.15) is 0 Å². The van der Waals surface area contributed by atoms with Crippen molar-refractivity contribution < 1.29 is 23.3 Å². The van der Waals surface area contributed by atoms with Gasteiger partial charge in [-0.1, -0.05) is 19.1 Å². The number of fused-ring (bicyclic) bond motifs is 2. The zero-order chi connectivity index (χ0) is 25.1. The molecule has 0 aliphatic carbocycles. The van der Waals surface area contributed by atoms with E-state index in [4.69, 9.17) is 9.31 Å². The molecule has 0 radical (unpaired) electrons. The van der Waals surface area contributed by atoms with Gasteiger partial charge in [0.2, 0.25) is 11.8 Å². The van der Waals surface area contributed by atoms with E-state index in [9.17, 15) is 14.0 Å².